The molecule has 1 aliphatic heterocycles. The fraction of sp³-hybridized carbons (Fsp3) is 0.296. The summed E-state index contributed by atoms with van der Waals surface area (Å²) in [5, 5.41) is 3.43. The first-order valence-corrected chi connectivity index (χ1v) is 16.3. The minimum absolute atomic E-state index is 0.0131. The number of carbonyl (C=O) groups excluding carboxylic acids is 1. The van der Waals surface area contributed by atoms with Crippen molar-refractivity contribution in [1.29, 1.82) is 0 Å². The van der Waals surface area contributed by atoms with E-state index in [1.165, 1.54) is 54.9 Å². The van der Waals surface area contributed by atoms with Crippen LogP contribution in [0.1, 0.15) is 18.4 Å². The van der Waals surface area contributed by atoms with Crippen LogP contribution in [0.15, 0.2) is 65.6 Å². The molecular formula is C27H29Cl2N3O7S2. The number of nitrogens with one attached hydrogen (secondary N) is 2. The maximum absolute atomic E-state index is 12.9. The zero-order valence-electron chi connectivity index (χ0n) is 22.3. The van der Waals surface area contributed by atoms with Gasteiger partial charge in [0.15, 0.2) is 0 Å². The van der Waals surface area contributed by atoms with Gasteiger partial charge in [0, 0.05) is 30.8 Å². The molecule has 3 aromatic carbocycles. The van der Waals surface area contributed by atoms with E-state index in [4.69, 9.17) is 32.7 Å². The Balaban J connectivity index is 1.34. The molecule has 0 bridgehead atoms. The molecule has 1 saturated heterocycles. The molecule has 220 valence electrons. The number of sulfonamides is 2. The van der Waals surface area contributed by atoms with E-state index >= 15 is 0 Å². The molecule has 41 heavy (non-hydrogen) atoms. The number of amides is 1. The number of hydrogen-bond donors (Lipinski definition) is 2. The van der Waals surface area contributed by atoms with Gasteiger partial charge in [-0.2, -0.15) is 0 Å². The quantitative estimate of drug-likeness (QED) is 0.319. The lowest BCUT2D eigenvalue weighted by Crippen LogP contribution is -2.41. The number of ether oxygens (including phenoxy) is 2. The fourth-order valence-corrected chi connectivity index (χ4v) is 7.32. The van der Waals surface area contributed by atoms with E-state index in [0.717, 1.165) is 0 Å². The third-order valence-electron chi connectivity index (χ3n) is 6.63. The van der Waals surface area contributed by atoms with Gasteiger partial charge in [-0.15, -0.1) is 0 Å². The van der Waals surface area contributed by atoms with E-state index in [1.54, 1.807) is 24.3 Å². The van der Waals surface area contributed by atoms with Crippen molar-refractivity contribution >= 4 is 60.5 Å². The number of carbonyl (C=O) groups is 1. The maximum atomic E-state index is 12.9. The smallest absolute Gasteiger partial charge is 0.262 e. The van der Waals surface area contributed by atoms with Crippen LogP contribution < -0.4 is 19.5 Å². The zero-order chi connectivity index (χ0) is 29.8. The van der Waals surface area contributed by atoms with Crippen LogP contribution in [0.4, 0.5) is 11.4 Å². The summed E-state index contributed by atoms with van der Waals surface area (Å²) < 4.78 is 65.9. The highest BCUT2D eigenvalue weighted by Crippen LogP contribution is 2.31. The van der Waals surface area contributed by atoms with Gasteiger partial charge in [0.2, 0.25) is 15.9 Å². The molecule has 0 aliphatic carbocycles. The summed E-state index contributed by atoms with van der Waals surface area (Å²) >= 11 is 11.9. The molecule has 0 aromatic heterocycles. The molecule has 0 atom stereocenters. The number of anilines is 2. The van der Waals surface area contributed by atoms with Gasteiger partial charge in [-0.3, -0.25) is 9.52 Å². The SMILES string of the molecule is COc1ccc(OC)c(NS(=O)(=O)c2ccc(NC(=O)C3CCN(S(=O)(=O)Cc4ccc(Cl)c(Cl)c4)CC3)cc2)c1. The molecule has 10 nitrogen and oxygen atoms in total. The van der Waals surface area contributed by atoms with Crippen molar-refractivity contribution in [3.8, 4) is 11.5 Å². The first kappa shape index (κ1) is 30.9. The highest BCUT2D eigenvalue weighted by molar-refractivity contribution is 7.92. The van der Waals surface area contributed by atoms with Crippen molar-refractivity contribution in [2.75, 3.05) is 37.3 Å². The van der Waals surface area contributed by atoms with Gasteiger partial charge in [-0.1, -0.05) is 29.3 Å². The average molecular weight is 643 g/mol. The zero-order valence-corrected chi connectivity index (χ0v) is 25.4. The number of halogens is 2. The first-order valence-electron chi connectivity index (χ1n) is 12.5. The van der Waals surface area contributed by atoms with Crippen LogP contribution in [0.2, 0.25) is 10.0 Å². The molecule has 1 fully saturated rings. The summed E-state index contributed by atoms with van der Waals surface area (Å²) in [6.45, 7) is 0.413. The Morgan fingerprint density at radius 1 is 0.902 bits per heavy atom. The van der Waals surface area contributed by atoms with Gasteiger partial charge in [-0.25, -0.2) is 21.1 Å². The Morgan fingerprint density at radius 2 is 1.59 bits per heavy atom. The van der Waals surface area contributed by atoms with Gasteiger partial charge in [0.05, 0.1) is 40.6 Å². The minimum Gasteiger partial charge on any atom is -0.497 e. The predicted octanol–water partition coefficient (Wildman–Crippen LogP) is 4.99. The fourth-order valence-electron chi connectivity index (χ4n) is 4.39. The van der Waals surface area contributed by atoms with Crippen LogP contribution in [0, 0.1) is 5.92 Å². The molecule has 0 spiro atoms. The van der Waals surface area contributed by atoms with Gasteiger partial charge in [0.25, 0.3) is 10.0 Å². The Labute approximate surface area is 249 Å². The van der Waals surface area contributed by atoms with Gasteiger partial charge in [-0.05, 0) is 66.9 Å². The standard InChI is InChI=1S/C27H29Cl2N3O7S2/c1-38-21-6-10-26(39-2)25(16-21)31-41(36,37)22-7-4-20(5-8-22)30-27(33)19-11-13-32(14-12-19)40(34,35)17-18-3-9-23(28)24(29)15-18/h3-10,15-16,19,31H,11-14,17H2,1-2H3,(H,30,33). The lowest BCUT2D eigenvalue weighted by molar-refractivity contribution is -0.120. The third kappa shape index (κ3) is 7.63. The van der Waals surface area contributed by atoms with Crippen molar-refractivity contribution in [2.45, 2.75) is 23.5 Å². The van der Waals surface area contributed by atoms with E-state index < -0.39 is 26.0 Å². The summed E-state index contributed by atoms with van der Waals surface area (Å²) in [4.78, 5) is 12.9. The second-order valence-electron chi connectivity index (χ2n) is 9.36. The lowest BCUT2D eigenvalue weighted by Gasteiger charge is -2.30. The molecule has 0 radical (unpaired) electrons. The first-order chi connectivity index (χ1) is 19.4. The Hall–Kier alpha value is -3.03. The van der Waals surface area contributed by atoms with Crippen molar-refractivity contribution in [1.82, 2.24) is 4.31 Å². The maximum Gasteiger partial charge on any atom is 0.262 e. The lowest BCUT2D eigenvalue weighted by atomic mass is 9.97. The summed E-state index contributed by atoms with van der Waals surface area (Å²) in [6, 6.07) is 15.2. The van der Waals surface area contributed by atoms with Crippen LogP contribution in [0.5, 0.6) is 11.5 Å². The van der Waals surface area contributed by atoms with E-state index in [0.29, 0.717) is 40.6 Å². The molecule has 14 heteroatoms. The molecule has 0 unspecified atom stereocenters. The van der Waals surface area contributed by atoms with Crippen LogP contribution in [0.25, 0.3) is 0 Å². The highest BCUT2D eigenvalue weighted by atomic mass is 35.5. The summed E-state index contributed by atoms with van der Waals surface area (Å²) in [5.74, 6) is -0.0866. The second-order valence-corrected chi connectivity index (χ2v) is 13.8. The number of nitrogens with zero attached hydrogens (tertiary/aromatic N) is 1. The summed E-state index contributed by atoms with van der Waals surface area (Å²) in [6.07, 6.45) is 0.705. The molecule has 3 aromatic rings. The van der Waals surface area contributed by atoms with Crippen molar-refractivity contribution in [3.05, 3.63) is 76.3 Å². The molecule has 0 saturated carbocycles. The summed E-state index contributed by atoms with van der Waals surface area (Å²) in [5.41, 5.74) is 1.17. The molecule has 1 heterocycles. The average Bonchev–Trinajstić information content (AvgIpc) is 2.95. The monoisotopic (exact) mass is 641 g/mol. The van der Waals surface area contributed by atoms with Crippen molar-refractivity contribution in [2.24, 2.45) is 5.92 Å². The Bertz CT molecular complexity index is 1630. The van der Waals surface area contributed by atoms with Gasteiger partial charge >= 0.3 is 0 Å². The van der Waals surface area contributed by atoms with Crippen LogP contribution in [-0.4, -0.2) is 54.4 Å². The van der Waals surface area contributed by atoms with Crippen LogP contribution >= 0.6 is 23.2 Å². The Morgan fingerprint density at radius 3 is 2.20 bits per heavy atom. The van der Waals surface area contributed by atoms with Crippen molar-refractivity contribution < 1.29 is 31.1 Å². The Kier molecular flexibility index (Phi) is 9.70. The topological polar surface area (TPSA) is 131 Å². The van der Waals surface area contributed by atoms with E-state index in [-0.39, 0.29) is 40.4 Å². The van der Waals surface area contributed by atoms with Crippen LogP contribution in [-0.2, 0) is 30.6 Å². The number of hydrogen-bond acceptors (Lipinski definition) is 7. The highest BCUT2D eigenvalue weighted by Gasteiger charge is 2.31. The van der Waals surface area contributed by atoms with Gasteiger partial charge in [0.1, 0.15) is 11.5 Å². The number of piperidine rings is 1. The summed E-state index contributed by atoms with van der Waals surface area (Å²) in [7, 11) is -4.66. The number of benzene rings is 3. The van der Waals surface area contributed by atoms with E-state index in [9.17, 15) is 21.6 Å². The molecular weight excluding hydrogens is 613 g/mol. The van der Waals surface area contributed by atoms with Crippen LogP contribution in [0.3, 0.4) is 0 Å². The van der Waals surface area contributed by atoms with E-state index in [1.807, 2.05) is 0 Å². The molecule has 1 aliphatic rings. The number of rotatable bonds is 10. The normalized spacial score (nSPS) is 14.8. The van der Waals surface area contributed by atoms with E-state index in [2.05, 4.69) is 10.0 Å². The second kappa shape index (κ2) is 12.9. The molecule has 2 N–H and O–H groups in total. The number of methoxy groups -OCH3 is 2. The molecule has 1 amide bonds. The predicted molar refractivity (Wildman–Crippen MR) is 159 cm³/mol. The van der Waals surface area contributed by atoms with Gasteiger partial charge < -0.3 is 14.8 Å². The minimum atomic E-state index is -3.96. The van der Waals surface area contributed by atoms with Crippen molar-refractivity contribution in [3.63, 3.8) is 0 Å². The third-order valence-corrected chi connectivity index (χ3v) is 10.6. The molecule has 4 rings (SSSR count). The largest absolute Gasteiger partial charge is 0.497 e.